The molecule has 1 aromatic heterocycles. The molecule has 5 nitrogen and oxygen atoms in total. The van der Waals surface area contributed by atoms with Gasteiger partial charge >= 0.3 is 0 Å². The van der Waals surface area contributed by atoms with E-state index in [0.717, 1.165) is 18.4 Å². The molecule has 0 spiro atoms. The second-order valence-electron chi connectivity index (χ2n) is 4.66. The summed E-state index contributed by atoms with van der Waals surface area (Å²) in [6.07, 6.45) is 1.67. The molecule has 0 bridgehead atoms. The molecule has 0 atom stereocenters. The normalized spacial score (nSPS) is 10.6. The van der Waals surface area contributed by atoms with E-state index in [4.69, 9.17) is 9.47 Å². The summed E-state index contributed by atoms with van der Waals surface area (Å²) in [5.74, 6) is 1.40. The van der Waals surface area contributed by atoms with Crippen molar-refractivity contribution in [2.75, 3.05) is 20.3 Å². The summed E-state index contributed by atoms with van der Waals surface area (Å²) >= 11 is 0. The fourth-order valence-electron chi connectivity index (χ4n) is 2.04. The summed E-state index contributed by atoms with van der Waals surface area (Å²) in [5, 5.41) is 0. The minimum atomic E-state index is -0.143. The molecule has 5 heteroatoms. The highest BCUT2D eigenvalue weighted by molar-refractivity contribution is 5.66. The molecule has 2 rings (SSSR count). The van der Waals surface area contributed by atoms with Gasteiger partial charge in [0.15, 0.2) is 0 Å². The molecule has 0 saturated carbocycles. The van der Waals surface area contributed by atoms with E-state index < -0.39 is 0 Å². The van der Waals surface area contributed by atoms with E-state index in [0.29, 0.717) is 30.5 Å². The van der Waals surface area contributed by atoms with Crippen molar-refractivity contribution in [3.63, 3.8) is 0 Å². The molecule has 0 amide bonds. The first-order valence-electron chi connectivity index (χ1n) is 7.06. The van der Waals surface area contributed by atoms with E-state index in [1.165, 1.54) is 6.07 Å². The maximum Gasteiger partial charge on any atom is 0.251 e. The lowest BCUT2D eigenvalue weighted by atomic mass is 10.1. The first kappa shape index (κ1) is 15.3. The average molecular weight is 288 g/mol. The van der Waals surface area contributed by atoms with Gasteiger partial charge in [0.25, 0.3) is 5.56 Å². The van der Waals surface area contributed by atoms with Crippen molar-refractivity contribution in [2.45, 2.75) is 19.8 Å². The lowest BCUT2D eigenvalue weighted by Gasteiger charge is -2.11. The van der Waals surface area contributed by atoms with Gasteiger partial charge in [-0.2, -0.15) is 0 Å². The number of H-pyrrole nitrogens is 1. The Kier molecular flexibility index (Phi) is 5.51. The number of hydrogen-bond acceptors (Lipinski definition) is 4. The Labute approximate surface area is 124 Å². The Morgan fingerprint density at radius 3 is 2.81 bits per heavy atom. The first-order valence-corrected chi connectivity index (χ1v) is 7.06. The molecule has 1 heterocycles. The number of methoxy groups -OCH3 is 1. The van der Waals surface area contributed by atoms with Crippen LogP contribution in [-0.4, -0.2) is 30.3 Å². The molecule has 0 aliphatic carbocycles. The standard InChI is InChI=1S/C16H20N2O3/c1-3-6-15-17-13(11-16(19)18-15)12-7-4-5-8-14(12)21-10-9-20-2/h4-5,7-8,11H,3,6,9-10H2,1-2H3,(H,17,18,19). The summed E-state index contributed by atoms with van der Waals surface area (Å²) in [7, 11) is 1.63. The topological polar surface area (TPSA) is 64.2 Å². The Balaban J connectivity index is 2.34. The van der Waals surface area contributed by atoms with E-state index in [9.17, 15) is 4.79 Å². The van der Waals surface area contributed by atoms with Crippen molar-refractivity contribution in [1.82, 2.24) is 9.97 Å². The van der Waals surface area contributed by atoms with Gasteiger partial charge in [-0.05, 0) is 18.6 Å². The molecule has 1 aromatic carbocycles. The SMILES string of the molecule is CCCc1nc(-c2ccccc2OCCOC)cc(=O)[nH]1. The van der Waals surface area contributed by atoms with E-state index in [1.54, 1.807) is 7.11 Å². The van der Waals surface area contributed by atoms with Crippen LogP contribution in [0.4, 0.5) is 0 Å². The third kappa shape index (κ3) is 4.16. The van der Waals surface area contributed by atoms with Gasteiger partial charge in [0.05, 0.1) is 12.3 Å². The largest absolute Gasteiger partial charge is 0.490 e. The van der Waals surface area contributed by atoms with E-state index in [-0.39, 0.29) is 5.56 Å². The van der Waals surface area contributed by atoms with Crippen LogP contribution in [0.3, 0.4) is 0 Å². The van der Waals surface area contributed by atoms with Gasteiger partial charge in [-0.3, -0.25) is 4.79 Å². The maximum atomic E-state index is 11.8. The monoisotopic (exact) mass is 288 g/mol. The van der Waals surface area contributed by atoms with Gasteiger partial charge in [0.2, 0.25) is 0 Å². The van der Waals surface area contributed by atoms with Gasteiger partial charge in [0, 0.05) is 25.2 Å². The average Bonchev–Trinajstić information content (AvgIpc) is 2.48. The second-order valence-corrected chi connectivity index (χ2v) is 4.66. The zero-order chi connectivity index (χ0) is 15.1. The zero-order valence-electron chi connectivity index (χ0n) is 12.4. The van der Waals surface area contributed by atoms with Gasteiger partial charge < -0.3 is 14.5 Å². The summed E-state index contributed by atoms with van der Waals surface area (Å²) in [6.45, 7) is 3.02. The van der Waals surface area contributed by atoms with Crippen LogP contribution in [0, 0.1) is 0 Å². The second kappa shape index (κ2) is 7.59. The van der Waals surface area contributed by atoms with Crippen molar-refractivity contribution in [2.24, 2.45) is 0 Å². The highest BCUT2D eigenvalue weighted by Gasteiger charge is 2.09. The van der Waals surface area contributed by atoms with E-state index >= 15 is 0 Å². The van der Waals surface area contributed by atoms with Crippen molar-refractivity contribution in [1.29, 1.82) is 0 Å². The smallest absolute Gasteiger partial charge is 0.251 e. The molecule has 1 N–H and O–H groups in total. The molecule has 0 saturated heterocycles. The van der Waals surface area contributed by atoms with Crippen LogP contribution < -0.4 is 10.3 Å². The van der Waals surface area contributed by atoms with Crippen LogP contribution >= 0.6 is 0 Å². The molecule has 2 aromatic rings. The zero-order valence-corrected chi connectivity index (χ0v) is 12.4. The van der Waals surface area contributed by atoms with Crippen molar-refractivity contribution >= 4 is 0 Å². The van der Waals surface area contributed by atoms with Crippen molar-refractivity contribution in [3.8, 4) is 17.0 Å². The predicted molar refractivity (Wildman–Crippen MR) is 81.7 cm³/mol. The summed E-state index contributed by atoms with van der Waals surface area (Å²) < 4.78 is 10.7. The van der Waals surface area contributed by atoms with Crippen LogP contribution in [0.1, 0.15) is 19.2 Å². The quantitative estimate of drug-likeness (QED) is 0.795. The Morgan fingerprint density at radius 2 is 2.05 bits per heavy atom. The van der Waals surface area contributed by atoms with Gasteiger partial charge in [-0.25, -0.2) is 4.98 Å². The third-order valence-corrected chi connectivity index (χ3v) is 2.99. The number of ether oxygens (including phenoxy) is 2. The number of aromatic amines is 1. The molecular formula is C16H20N2O3. The summed E-state index contributed by atoms with van der Waals surface area (Å²) in [6, 6.07) is 9.07. The van der Waals surface area contributed by atoms with Gasteiger partial charge in [-0.1, -0.05) is 19.1 Å². The highest BCUT2D eigenvalue weighted by Crippen LogP contribution is 2.27. The molecule has 0 unspecified atom stereocenters. The molecular weight excluding hydrogens is 268 g/mol. The summed E-state index contributed by atoms with van der Waals surface area (Å²) in [5.41, 5.74) is 1.31. The minimum Gasteiger partial charge on any atom is -0.490 e. The van der Waals surface area contributed by atoms with Crippen LogP contribution in [0.25, 0.3) is 11.3 Å². The number of rotatable bonds is 7. The van der Waals surface area contributed by atoms with Crippen LogP contribution in [0.2, 0.25) is 0 Å². The first-order chi connectivity index (χ1) is 10.2. The molecule has 112 valence electrons. The third-order valence-electron chi connectivity index (χ3n) is 2.99. The molecule has 0 aliphatic heterocycles. The number of benzene rings is 1. The fraction of sp³-hybridized carbons (Fsp3) is 0.375. The lowest BCUT2D eigenvalue weighted by Crippen LogP contribution is -2.11. The number of aromatic nitrogens is 2. The fourth-order valence-corrected chi connectivity index (χ4v) is 2.04. The van der Waals surface area contributed by atoms with Gasteiger partial charge in [0.1, 0.15) is 18.2 Å². The molecule has 0 aliphatic rings. The maximum absolute atomic E-state index is 11.8. The summed E-state index contributed by atoms with van der Waals surface area (Å²) in [4.78, 5) is 19.1. The number of nitrogens with zero attached hydrogens (tertiary/aromatic N) is 1. The number of para-hydroxylation sites is 1. The minimum absolute atomic E-state index is 0.143. The van der Waals surface area contributed by atoms with Crippen LogP contribution in [0.15, 0.2) is 35.1 Å². The van der Waals surface area contributed by atoms with Crippen molar-refractivity contribution in [3.05, 3.63) is 46.5 Å². The number of nitrogens with one attached hydrogen (secondary N) is 1. The van der Waals surface area contributed by atoms with E-state index in [1.807, 2.05) is 24.3 Å². The van der Waals surface area contributed by atoms with Gasteiger partial charge in [-0.15, -0.1) is 0 Å². The predicted octanol–water partition coefficient (Wildman–Crippen LogP) is 2.41. The lowest BCUT2D eigenvalue weighted by molar-refractivity contribution is 0.146. The molecule has 0 radical (unpaired) electrons. The highest BCUT2D eigenvalue weighted by atomic mass is 16.5. The number of hydrogen-bond donors (Lipinski definition) is 1. The Morgan fingerprint density at radius 1 is 1.24 bits per heavy atom. The Hall–Kier alpha value is -2.14. The Bertz CT molecular complexity index is 637. The number of aryl methyl sites for hydroxylation is 1. The van der Waals surface area contributed by atoms with Crippen LogP contribution in [-0.2, 0) is 11.2 Å². The van der Waals surface area contributed by atoms with Crippen LogP contribution in [0.5, 0.6) is 5.75 Å². The van der Waals surface area contributed by atoms with E-state index in [2.05, 4.69) is 16.9 Å². The molecule has 0 fully saturated rings. The van der Waals surface area contributed by atoms with Crippen molar-refractivity contribution < 1.29 is 9.47 Å². The molecule has 21 heavy (non-hydrogen) atoms.